The maximum atomic E-state index is 10.9. The molecule has 0 aromatic carbocycles. The smallest absolute Gasteiger partial charge is 0.328 e. The first-order chi connectivity index (χ1) is 5.75. The third kappa shape index (κ3) is 1.70. The third-order valence-electron chi connectivity index (χ3n) is 1.55. The zero-order chi connectivity index (χ0) is 8.97. The molecule has 1 heterocycles. The lowest BCUT2D eigenvalue weighted by atomic mass is 10.3. The van der Waals surface area contributed by atoms with Gasteiger partial charge in [-0.15, -0.1) is 12.3 Å². The maximum Gasteiger partial charge on any atom is 0.328 e. The molecule has 0 saturated heterocycles. The molecule has 2 N–H and O–H groups in total. The van der Waals surface area contributed by atoms with Crippen LogP contribution in [0.3, 0.4) is 0 Å². The number of H-pyrrole nitrogens is 1. The first-order valence-corrected chi connectivity index (χ1v) is 3.66. The highest BCUT2D eigenvalue weighted by molar-refractivity contribution is 5.02. The predicted octanol–water partition coefficient (Wildman–Crippen LogP) is 0.295. The van der Waals surface area contributed by atoms with Crippen molar-refractivity contribution in [1.82, 2.24) is 9.55 Å². The number of aromatic nitrogens is 2. The second-order valence-electron chi connectivity index (χ2n) is 2.41. The van der Waals surface area contributed by atoms with E-state index < -0.39 is 0 Å². The zero-order valence-electron chi connectivity index (χ0n) is 6.58. The number of hydrogen-bond donors (Lipinski definition) is 2. The summed E-state index contributed by atoms with van der Waals surface area (Å²) in [6, 6.07) is 0. The first-order valence-electron chi connectivity index (χ1n) is 3.66. The van der Waals surface area contributed by atoms with Crippen LogP contribution in [0.5, 0.6) is 5.88 Å². The van der Waals surface area contributed by atoms with Crippen molar-refractivity contribution in [1.29, 1.82) is 0 Å². The van der Waals surface area contributed by atoms with Crippen LogP contribution in [0.2, 0.25) is 0 Å². The molecule has 0 fully saturated rings. The van der Waals surface area contributed by atoms with Gasteiger partial charge in [-0.1, -0.05) is 0 Å². The van der Waals surface area contributed by atoms with Crippen LogP contribution in [0.15, 0.2) is 11.0 Å². The summed E-state index contributed by atoms with van der Waals surface area (Å²) in [5.74, 6) is 2.42. The van der Waals surface area contributed by atoms with E-state index in [1.165, 1.54) is 10.8 Å². The molecule has 0 spiro atoms. The number of nitrogens with one attached hydrogen (secondary N) is 1. The lowest BCUT2D eigenvalue weighted by molar-refractivity contribution is 0.410. The van der Waals surface area contributed by atoms with Crippen LogP contribution in [-0.4, -0.2) is 14.7 Å². The van der Waals surface area contributed by atoms with E-state index in [0.29, 0.717) is 19.4 Å². The van der Waals surface area contributed by atoms with Crippen molar-refractivity contribution < 1.29 is 5.11 Å². The van der Waals surface area contributed by atoms with E-state index >= 15 is 0 Å². The minimum absolute atomic E-state index is 0.0444. The summed E-state index contributed by atoms with van der Waals surface area (Å²) in [7, 11) is 0. The van der Waals surface area contributed by atoms with E-state index in [1.807, 2.05) is 0 Å². The Labute approximate surface area is 69.8 Å². The highest BCUT2D eigenvalue weighted by Crippen LogP contribution is 2.03. The van der Waals surface area contributed by atoms with Gasteiger partial charge in [-0.3, -0.25) is 4.57 Å². The van der Waals surface area contributed by atoms with Gasteiger partial charge in [0.2, 0.25) is 5.88 Å². The normalized spacial score (nSPS) is 9.58. The number of aromatic amines is 1. The minimum Gasteiger partial charge on any atom is -0.493 e. The Morgan fingerprint density at radius 1 is 1.75 bits per heavy atom. The van der Waals surface area contributed by atoms with E-state index in [1.54, 1.807) is 0 Å². The van der Waals surface area contributed by atoms with Gasteiger partial charge in [0.25, 0.3) is 0 Å². The number of imidazole rings is 1. The highest BCUT2D eigenvalue weighted by atomic mass is 16.3. The van der Waals surface area contributed by atoms with Crippen molar-refractivity contribution in [2.75, 3.05) is 0 Å². The molecule has 0 aliphatic carbocycles. The third-order valence-corrected chi connectivity index (χ3v) is 1.55. The molecule has 0 bridgehead atoms. The molecule has 0 amide bonds. The van der Waals surface area contributed by atoms with Crippen molar-refractivity contribution in [3.05, 3.63) is 16.7 Å². The number of nitrogens with zero attached hydrogens (tertiary/aromatic N) is 1. The fraction of sp³-hybridized carbons (Fsp3) is 0.375. The predicted molar refractivity (Wildman–Crippen MR) is 44.8 cm³/mol. The molecule has 0 unspecified atom stereocenters. The molecule has 12 heavy (non-hydrogen) atoms. The van der Waals surface area contributed by atoms with Gasteiger partial charge in [0.1, 0.15) is 0 Å². The van der Waals surface area contributed by atoms with Crippen LogP contribution in [-0.2, 0) is 6.54 Å². The number of aromatic hydroxyl groups is 1. The zero-order valence-corrected chi connectivity index (χ0v) is 6.58. The molecule has 1 aromatic heterocycles. The van der Waals surface area contributed by atoms with Crippen LogP contribution < -0.4 is 5.69 Å². The van der Waals surface area contributed by atoms with Crippen molar-refractivity contribution in [2.24, 2.45) is 0 Å². The largest absolute Gasteiger partial charge is 0.493 e. The molecule has 0 atom stereocenters. The van der Waals surface area contributed by atoms with Gasteiger partial charge in [-0.25, -0.2) is 4.79 Å². The summed E-state index contributed by atoms with van der Waals surface area (Å²) >= 11 is 0. The van der Waals surface area contributed by atoms with E-state index in [0.717, 1.165) is 0 Å². The van der Waals surface area contributed by atoms with Crippen molar-refractivity contribution in [3.63, 3.8) is 0 Å². The molecule has 0 saturated carbocycles. The summed E-state index contributed by atoms with van der Waals surface area (Å²) in [4.78, 5) is 13.3. The van der Waals surface area contributed by atoms with Gasteiger partial charge in [-0.05, 0) is 6.42 Å². The minimum atomic E-state index is -0.301. The Morgan fingerprint density at radius 2 is 2.50 bits per heavy atom. The molecule has 0 aliphatic rings. The summed E-state index contributed by atoms with van der Waals surface area (Å²) in [5, 5.41) is 9.11. The van der Waals surface area contributed by atoms with Crippen molar-refractivity contribution >= 4 is 0 Å². The molecular weight excluding hydrogens is 156 g/mol. The van der Waals surface area contributed by atoms with Gasteiger partial charge < -0.3 is 10.1 Å². The summed E-state index contributed by atoms with van der Waals surface area (Å²) in [6.07, 6.45) is 7.60. The molecule has 4 nitrogen and oxygen atoms in total. The average Bonchev–Trinajstić information content (AvgIpc) is 2.35. The lowest BCUT2D eigenvalue weighted by Crippen LogP contribution is -2.16. The van der Waals surface area contributed by atoms with E-state index in [9.17, 15) is 4.79 Å². The quantitative estimate of drug-likeness (QED) is 0.501. The van der Waals surface area contributed by atoms with Crippen molar-refractivity contribution in [2.45, 2.75) is 19.4 Å². The number of terminal acetylenes is 1. The van der Waals surface area contributed by atoms with E-state index in [2.05, 4.69) is 10.9 Å². The fourth-order valence-corrected chi connectivity index (χ4v) is 0.941. The Hall–Kier alpha value is -1.63. The fourth-order valence-electron chi connectivity index (χ4n) is 0.941. The summed E-state index contributed by atoms with van der Waals surface area (Å²) in [6.45, 7) is 0.457. The summed E-state index contributed by atoms with van der Waals surface area (Å²) in [5.41, 5.74) is -0.301. The molecular formula is C8H10N2O2. The number of unbranched alkanes of at least 4 members (excludes halogenated alkanes) is 1. The highest BCUT2D eigenvalue weighted by Gasteiger charge is 2.01. The average molecular weight is 166 g/mol. The monoisotopic (exact) mass is 166 g/mol. The van der Waals surface area contributed by atoms with Crippen LogP contribution in [0, 0.1) is 12.3 Å². The summed E-state index contributed by atoms with van der Waals surface area (Å²) < 4.78 is 1.25. The Balaban J connectivity index is 2.63. The van der Waals surface area contributed by atoms with Crippen LogP contribution in [0.4, 0.5) is 0 Å². The van der Waals surface area contributed by atoms with Gasteiger partial charge in [0.05, 0.1) is 6.20 Å². The van der Waals surface area contributed by atoms with Gasteiger partial charge in [0, 0.05) is 13.0 Å². The number of rotatable bonds is 3. The molecule has 0 radical (unpaired) electrons. The van der Waals surface area contributed by atoms with Crippen LogP contribution in [0.25, 0.3) is 0 Å². The standard InChI is InChI=1S/C8H10N2O2/c1-2-3-4-5-10-7(11)6-9-8(10)12/h1,6,11H,3-5H2,(H,9,12). The maximum absolute atomic E-state index is 10.9. The van der Waals surface area contributed by atoms with E-state index in [4.69, 9.17) is 11.5 Å². The van der Waals surface area contributed by atoms with Crippen LogP contribution >= 0.6 is 0 Å². The van der Waals surface area contributed by atoms with Crippen molar-refractivity contribution in [3.8, 4) is 18.2 Å². The Kier molecular flexibility index (Phi) is 2.59. The van der Waals surface area contributed by atoms with Gasteiger partial charge in [-0.2, -0.15) is 0 Å². The topological polar surface area (TPSA) is 58.0 Å². The van der Waals surface area contributed by atoms with E-state index in [-0.39, 0.29) is 11.6 Å². The molecule has 4 heteroatoms. The molecule has 1 rings (SSSR count). The van der Waals surface area contributed by atoms with Crippen LogP contribution in [0.1, 0.15) is 12.8 Å². The lowest BCUT2D eigenvalue weighted by Gasteiger charge is -1.98. The van der Waals surface area contributed by atoms with Gasteiger partial charge >= 0.3 is 5.69 Å². The second kappa shape index (κ2) is 3.67. The molecule has 64 valence electrons. The first kappa shape index (κ1) is 8.47. The SMILES string of the molecule is C#CCCCn1c(O)c[nH]c1=O. The Morgan fingerprint density at radius 3 is 3.00 bits per heavy atom. The van der Waals surface area contributed by atoms with Gasteiger partial charge in [0.15, 0.2) is 0 Å². The molecule has 0 aliphatic heterocycles. The second-order valence-corrected chi connectivity index (χ2v) is 2.41. The Bertz CT molecular complexity index is 343. The molecule has 1 aromatic rings. The number of hydrogen-bond acceptors (Lipinski definition) is 2.